The highest BCUT2D eigenvalue weighted by atomic mass is 79.9. The normalized spacial score (nSPS) is 49.1. The maximum Gasteiger partial charge on any atom is 0.306 e. The van der Waals surface area contributed by atoms with E-state index in [0.29, 0.717) is 12.8 Å². The smallest absolute Gasteiger partial charge is 0.306 e. The summed E-state index contributed by atoms with van der Waals surface area (Å²) in [5.41, 5.74) is 0. The van der Waals surface area contributed by atoms with Crippen molar-refractivity contribution in [2.75, 3.05) is 0 Å². The summed E-state index contributed by atoms with van der Waals surface area (Å²) in [7, 11) is 0. The van der Waals surface area contributed by atoms with Gasteiger partial charge >= 0.3 is 5.97 Å². The molecule has 0 radical (unpaired) electrons. The van der Waals surface area contributed by atoms with E-state index in [4.69, 9.17) is 4.74 Å². The molecular formula is C7H9BrO3. The van der Waals surface area contributed by atoms with Gasteiger partial charge < -0.3 is 9.84 Å². The predicted molar refractivity (Wildman–Crippen MR) is 41.3 cm³/mol. The molecule has 1 N–H and O–H groups in total. The van der Waals surface area contributed by atoms with Gasteiger partial charge in [-0.15, -0.1) is 0 Å². The third-order valence-electron chi connectivity index (χ3n) is 2.41. The summed E-state index contributed by atoms with van der Waals surface area (Å²) in [6.45, 7) is 0. The second kappa shape index (κ2) is 2.45. The summed E-state index contributed by atoms with van der Waals surface area (Å²) in [6, 6.07) is 0. The Balaban J connectivity index is 2.13. The lowest BCUT2D eigenvalue weighted by Crippen LogP contribution is -2.19. The molecule has 3 nitrogen and oxygen atoms in total. The summed E-state index contributed by atoms with van der Waals surface area (Å²) < 4.78 is 5.00. The Hall–Kier alpha value is -0.0900. The Morgan fingerprint density at radius 1 is 1.64 bits per heavy atom. The van der Waals surface area contributed by atoms with Crippen LogP contribution >= 0.6 is 15.9 Å². The van der Waals surface area contributed by atoms with Crippen LogP contribution in [0, 0.1) is 5.92 Å². The third kappa shape index (κ3) is 1.08. The SMILES string of the molecule is O=C1C[C@H]2[C@H](Br)[C@@H](O)C[C@H]2O1. The van der Waals surface area contributed by atoms with Crippen LogP contribution in [0.5, 0.6) is 0 Å². The van der Waals surface area contributed by atoms with Crippen molar-refractivity contribution in [3.8, 4) is 0 Å². The molecule has 0 spiro atoms. The van der Waals surface area contributed by atoms with Crippen LogP contribution in [-0.2, 0) is 9.53 Å². The standard InChI is InChI=1S/C7H9BrO3/c8-7-3-1-6(10)11-5(3)2-4(7)9/h3-5,7,9H,1-2H2/t3-,4+,5-,7+/m1/s1. The van der Waals surface area contributed by atoms with Gasteiger partial charge in [0.05, 0.1) is 12.5 Å². The molecule has 0 bridgehead atoms. The lowest BCUT2D eigenvalue weighted by atomic mass is 10.1. The number of hydrogen-bond donors (Lipinski definition) is 1. The summed E-state index contributed by atoms with van der Waals surface area (Å²) >= 11 is 3.36. The number of fused-ring (bicyclic) bond motifs is 1. The monoisotopic (exact) mass is 220 g/mol. The molecule has 0 unspecified atom stereocenters. The number of halogens is 1. The first-order valence-electron chi connectivity index (χ1n) is 3.70. The second-order valence-corrected chi connectivity index (χ2v) is 4.20. The zero-order chi connectivity index (χ0) is 8.01. The van der Waals surface area contributed by atoms with Crippen LogP contribution in [-0.4, -0.2) is 28.1 Å². The van der Waals surface area contributed by atoms with Crippen LogP contribution in [0.2, 0.25) is 0 Å². The number of ether oxygens (including phenoxy) is 1. The van der Waals surface area contributed by atoms with Gasteiger partial charge in [0, 0.05) is 17.2 Å². The molecule has 4 atom stereocenters. The number of rotatable bonds is 0. The van der Waals surface area contributed by atoms with Gasteiger partial charge in [-0.1, -0.05) is 15.9 Å². The fourth-order valence-corrected chi connectivity index (χ4v) is 2.57. The number of esters is 1. The van der Waals surface area contributed by atoms with Crippen molar-refractivity contribution in [1.82, 2.24) is 0 Å². The van der Waals surface area contributed by atoms with Crippen LogP contribution in [0.1, 0.15) is 12.8 Å². The van der Waals surface area contributed by atoms with E-state index in [9.17, 15) is 9.90 Å². The van der Waals surface area contributed by atoms with Crippen molar-refractivity contribution in [1.29, 1.82) is 0 Å². The lowest BCUT2D eigenvalue weighted by molar-refractivity contribution is -0.141. The molecule has 0 amide bonds. The van der Waals surface area contributed by atoms with E-state index < -0.39 is 0 Å². The number of aliphatic hydroxyl groups is 1. The maximum absolute atomic E-state index is 10.8. The molecule has 62 valence electrons. The fourth-order valence-electron chi connectivity index (χ4n) is 1.82. The van der Waals surface area contributed by atoms with Crippen LogP contribution in [0.3, 0.4) is 0 Å². The molecule has 1 heterocycles. The topological polar surface area (TPSA) is 46.5 Å². The number of alkyl halides is 1. The molecule has 2 aliphatic rings. The Morgan fingerprint density at radius 3 is 3.00 bits per heavy atom. The third-order valence-corrected chi connectivity index (χ3v) is 3.70. The molecule has 2 rings (SSSR count). The van der Waals surface area contributed by atoms with Gasteiger partial charge in [0.1, 0.15) is 6.10 Å². The van der Waals surface area contributed by atoms with Crippen molar-refractivity contribution >= 4 is 21.9 Å². The Labute approximate surface area is 72.9 Å². The highest BCUT2D eigenvalue weighted by molar-refractivity contribution is 9.09. The van der Waals surface area contributed by atoms with Gasteiger partial charge in [-0.25, -0.2) is 0 Å². The van der Waals surface area contributed by atoms with E-state index in [0.717, 1.165) is 0 Å². The molecule has 1 aliphatic carbocycles. The lowest BCUT2D eigenvalue weighted by Gasteiger charge is -2.09. The van der Waals surface area contributed by atoms with Gasteiger partial charge in [-0.05, 0) is 0 Å². The van der Waals surface area contributed by atoms with Crippen LogP contribution in [0.25, 0.3) is 0 Å². The van der Waals surface area contributed by atoms with Crippen molar-refractivity contribution in [3.63, 3.8) is 0 Å². The Morgan fingerprint density at radius 2 is 2.36 bits per heavy atom. The molecule has 0 aromatic heterocycles. The fraction of sp³-hybridized carbons (Fsp3) is 0.857. The molecular weight excluding hydrogens is 212 g/mol. The molecule has 1 saturated heterocycles. The number of aliphatic hydroxyl groups excluding tert-OH is 1. The number of hydrogen-bond acceptors (Lipinski definition) is 3. The van der Waals surface area contributed by atoms with Gasteiger partial charge in [0.15, 0.2) is 0 Å². The van der Waals surface area contributed by atoms with Crippen LogP contribution < -0.4 is 0 Å². The van der Waals surface area contributed by atoms with Crippen LogP contribution in [0.4, 0.5) is 0 Å². The average molecular weight is 221 g/mol. The van der Waals surface area contributed by atoms with E-state index in [2.05, 4.69) is 15.9 Å². The summed E-state index contributed by atoms with van der Waals surface area (Å²) in [4.78, 5) is 10.8. The Kier molecular flexibility index (Phi) is 1.68. The van der Waals surface area contributed by atoms with E-state index in [1.807, 2.05) is 0 Å². The predicted octanol–water partition coefficient (Wildman–Crippen LogP) is 0.446. The zero-order valence-corrected chi connectivity index (χ0v) is 7.45. The van der Waals surface area contributed by atoms with Crippen molar-refractivity contribution < 1.29 is 14.6 Å². The first-order chi connectivity index (χ1) is 5.18. The minimum Gasteiger partial charge on any atom is -0.462 e. The van der Waals surface area contributed by atoms with Crippen molar-refractivity contribution in [3.05, 3.63) is 0 Å². The van der Waals surface area contributed by atoms with Crippen molar-refractivity contribution in [2.24, 2.45) is 5.92 Å². The summed E-state index contributed by atoms with van der Waals surface area (Å²) in [6.07, 6.45) is 0.657. The average Bonchev–Trinajstić information content (AvgIpc) is 2.37. The minimum absolute atomic E-state index is 0.0399. The molecule has 0 aromatic carbocycles. The van der Waals surface area contributed by atoms with Crippen LogP contribution in [0.15, 0.2) is 0 Å². The van der Waals surface area contributed by atoms with E-state index in [1.54, 1.807) is 0 Å². The maximum atomic E-state index is 10.8. The zero-order valence-electron chi connectivity index (χ0n) is 5.87. The molecule has 11 heavy (non-hydrogen) atoms. The molecule has 1 saturated carbocycles. The molecule has 2 fully saturated rings. The first kappa shape index (κ1) is 7.55. The van der Waals surface area contributed by atoms with E-state index >= 15 is 0 Å². The van der Waals surface area contributed by atoms with E-state index in [-0.39, 0.29) is 28.9 Å². The summed E-state index contributed by atoms with van der Waals surface area (Å²) in [5.74, 6) is 0.0638. The second-order valence-electron chi connectivity index (χ2n) is 3.14. The highest BCUT2D eigenvalue weighted by Crippen LogP contribution is 2.40. The molecule has 0 aromatic rings. The molecule has 4 heteroatoms. The Bertz CT molecular complexity index is 194. The minimum atomic E-state index is -0.349. The molecule has 1 aliphatic heterocycles. The van der Waals surface area contributed by atoms with Gasteiger partial charge in [-0.3, -0.25) is 4.79 Å². The number of carbonyl (C=O) groups is 1. The quantitative estimate of drug-likeness (QED) is 0.477. The largest absolute Gasteiger partial charge is 0.462 e. The van der Waals surface area contributed by atoms with Gasteiger partial charge in [0.25, 0.3) is 0 Å². The first-order valence-corrected chi connectivity index (χ1v) is 4.61. The van der Waals surface area contributed by atoms with Crippen molar-refractivity contribution in [2.45, 2.75) is 29.9 Å². The van der Waals surface area contributed by atoms with Gasteiger partial charge in [0.2, 0.25) is 0 Å². The van der Waals surface area contributed by atoms with E-state index in [1.165, 1.54) is 0 Å². The van der Waals surface area contributed by atoms with Gasteiger partial charge in [-0.2, -0.15) is 0 Å². The summed E-state index contributed by atoms with van der Waals surface area (Å²) in [5, 5.41) is 9.35. The highest BCUT2D eigenvalue weighted by Gasteiger charge is 2.48. The number of carbonyl (C=O) groups excluding carboxylic acids is 1.